The van der Waals surface area contributed by atoms with E-state index in [-0.39, 0.29) is 0 Å². The largest absolute Gasteiger partial charge is 0.344 e. The molecule has 0 aliphatic rings. The average molecular weight is 382 g/mol. The number of sulfonamides is 1. The summed E-state index contributed by atoms with van der Waals surface area (Å²) in [6, 6.07) is 11.5. The normalized spacial score (nSPS) is 11.7. The summed E-state index contributed by atoms with van der Waals surface area (Å²) in [6.07, 6.45) is 6.87. The van der Waals surface area contributed by atoms with Gasteiger partial charge < -0.3 is 4.57 Å². The van der Waals surface area contributed by atoms with Gasteiger partial charge in [0.15, 0.2) is 0 Å². The summed E-state index contributed by atoms with van der Waals surface area (Å²) in [5.41, 5.74) is 3.82. The molecule has 0 radical (unpaired) electrons. The van der Waals surface area contributed by atoms with Crippen LogP contribution in [0, 0.1) is 11.3 Å². The van der Waals surface area contributed by atoms with Crippen LogP contribution in [-0.4, -0.2) is 24.2 Å². The first-order chi connectivity index (χ1) is 12.9. The van der Waals surface area contributed by atoms with Crippen LogP contribution >= 0.6 is 0 Å². The highest BCUT2D eigenvalue weighted by Crippen LogP contribution is 2.35. The second kappa shape index (κ2) is 7.41. The van der Waals surface area contributed by atoms with Crippen LogP contribution in [0.25, 0.3) is 22.0 Å². The van der Waals surface area contributed by atoms with Gasteiger partial charge in [-0.3, -0.25) is 4.72 Å². The lowest BCUT2D eigenvalue weighted by Crippen LogP contribution is -2.10. The van der Waals surface area contributed by atoms with Gasteiger partial charge in [-0.05, 0) is 37.1 Å². The van der Waals surface area contributed by atoms with E-state index >= 15 is 0 Å². The van der Waals surface area contributed by atoms with E-state index in [1.165, 1.54) is 0 Å². The first-order valence-electron chi connectivity index (χ1n) is 8.85. The van der Waals surface area contributed by atoms with Crippen LogP contribution in [0.2, 0.25) is 0 Å². The van der Waals surface area contributed by atoms with Gasteiger partial charge in [0.05, 0.1) is 17.5 Å². The molecule has 0 fully saturated rings. The van der Waals surface area contributed by atoms with Gasteiger partial charge in [-0.25, -0.2) is 13.4 Å². The highest BCUT2D eigenvalue weighted by Gasteiger charge is 2.16. The van der Waals surface area contributed by atoms with Gasteiger partial charge in [-0.15, -0.1) is 0 Å². The molecular formula is C20H22N4O2S. The van der Waals surface area contributed by atoms with Crippen LogP contribution in [0.5, 0.6) is 0 Å². The summed E-state index contributed by atoms with van der Waals surface area (Å²) in [4.78, 5) is 4.18. The summed E-state index contributed by atoms with van der Waals surface area (Å²) in [5, 5.41) is 9.98. The fourth-order valence-corrected chi connectivity index (χ4v) is 3.92. The number of benzene rings is 1. The molecule has 3 aromatic rings. The van der Waals surface area contributed by atoms with Crippen LogP contribution in [0.15, 0.2) is 42.7 Å². The molecule has 2 heterocycles. The maximum atomic E-state index is 11.6. The second-order valence-corrected chi connectivity index (χ2v) is 8.32. The van der Waals surface area contributed by atoms with E-state index in [0.717, 1.165) is 41.1 Å². The van der Waals surface area contributed by atoms with Gasteiger partial charge in [0.1, 0.15) is 11.8 Å². The van der Waals surface area contributed by atoms with Crippen LogP contribution in [0.4, 0.5) is 5.69 Å². The predicted octanol–water partition coefficient (Wildman–Crippen LogP) is 4.31. The van der Waals surface area contributed by atoms with E-state index in [0.29, 0.717) is 17.4 Å². The number of rotatable bonds is 6. The minimum absolute atomic E-state index is 0.307. The SMILES string of the molecule is CCC(CC)n1cc(-c2ccc(C#N)nc2)c2ccc(NS(C)(=O)=O)cc21. The van der Waals surface area contributed by atoms with E-state index in [2.05, 4.69) is 34.3 Å². The second-order valence-electron chi connectivity index (χ2n) is 6.57. The minimum atomic E-state index is -3.34. The summed E-state index contributed by atoms with van der Waals surface area (Å²) in [7, 11) is -3.34. The fraction of sp³-hybridized carbons (Fsp3) is 0.300. The van der Waals surface area contributed by atoms with Crippen molar-refractivity contribution in [2.45, 2.75) is 32.7 Å². The lowest BCUT2D eigenvalue weighted by Gasteiger charge is -2.16. The minimum Gasteiger partial charge on any atom is -0.344 e. The Morgan fingerprint density at radius 3 is 2.52 bits per heavy atom. The fourth-order valence-electron chi connectivity index (χ4n) is 3.36. The van der Waals surface area contributed by atoms with Crippen LogP contribution in [0.1, 0.15) is 38.4 Å². The van der Waals surface area contributed by atoms with Gasteiger partial charge in [0.2, 0.25) is 10.0 Å². The van der Waals surface area contributed by atoms with Gasteiger partial charge >= 0.3 is 0 Å². The monoisotopic (exact) mass is 382 g/mol. The van der Waals surface area contributed by atoms with Crippen molar-refractivity contribution in [1.29, 1.82) is 5.26 Å². The zero-order chi connectivity index (χ0) is 19.6. The number of nitrogens with zero attached hydrogens (tertiary/aromatic N) is 3. The molecule has 1 N–H and O–H groups in total. The van der Waals surface area contributed by atoms with E-state index in [1.807, 2.05) is 24.3 Å². The number of anilines is 1. The van der Waals surface area contributed by atoms with Crippen molar-refractivity contribution in [2.75, 3.05) is 11.0 Å². The van der Waals surface area contributed by atoms with Crippen molar-refractivity contribution in [3.8, 4) is 17.2 Å². The number of aromatic nitrogens is 2. The zero-order valence-electron chi connectivity index (χ0n) is 15.6. The Labute approximate surface area is 159 Å². The molecule has 3 rings (SSSR count). The molecule has 1 aromatic carbocycles. The quantitative estimate of drug-likeness (QED) is 0.688. The Bertz CT molecular complexity index is 1110. The Morgan fingerprint density at radius 1 is 1.22 bits per heavy atom. The summed E-state index contributed by atoms with van der Waals surface area (Å²) in [5.74, 6) is 0. The lowest BCUT2D eigenvalue weighted by molar-refractivity contribution is 0.486. The van der Waals surface area contributed by atoms with Gasteiger partial charge in [-0.2, -0.15) is 5.26 Å². The van der Waals surface area contributed by atoms with Crippen molar-refractivity contribution in [3.05, 3.63) is 48.4 Å². The summed E-state index contributed by atoms with van der Waals surface area (Å²) >= 11 is 0. The van der Waals surface area contributed by atoms with Crippen LogP contribution in [-0.2, 0) is 10.0 Å². The molecule has 0 bridgehead atoms. The number of hydrogen-bond acceptors (Lipinski definition) is 4. The Hall–Kier alpha value is -2.85. The molecule has 0 saturated heterocycles. The number of hydrogen-bond donors (Lipinski definition) is 1. The molecule has 0 unspecified atom stereocenters. The van der Waals surface area contributed by atoms with Crippen LogP contribution in [0.3, 0.4) is 0 Å². The first kappa shape index (κ1) is 18.9. The van der Waals surface area contributed by atoms with Gasteiger partial charge in [0.25, 0.3) is 0 Å². The van der Waals surface area contributed by atoms with Crippen LogP contribution < -0.4 is 4.72 Å². The van der Waals surface area contributed by atoms with Gasteiger partial charge in [-0.1, -0.05) is 19.9 Å². The van der Waals surface area contributed by atoms with Crippen molar-refractivity contribution < 1.29 is 8.42 Å². The van der Waals surface area contributed by atoms with Crippen molar-refractivity contribution >= 4 is 26.6 Å². The average Bonchev–Trinajstić information content (AvgIpc) is 3.00. The number of nitrogens with one attached hydrogen (secondary N) is 1. The first-order valence-corrected chi connectivity index (χ1v) is 10.7. The van der Waals surface area contributed by atoms with Crippen molar-refractivity contribution in [3.63, 3.8) is 0 Å². The molecule has 2 aromatic heterocycles. The summed E-state index contributed by atoms with van der Waals surface area (Å²) in [6.45, 7) is 4.28. The summed E-state index contributed by atoms with van der Waals surface area (Å²) < 4.78 is 28.0. The smallest absolute Gasteiger partial charge is 0.229 e. The molecule has 0 aliphatic heterocycles. The molecule has 0 atom stereocenters. The molecule has 0 aliphatic carbocycles. The zero-order valence-corrected chi connectivity index (χ0v) is 16.4. The predicted molar refractivity (Wildman–Crippen MR) is 108 cm³/mol. The number of fused-ring (bicyclic) bond motifs is 1. The molecular weight excluding hydrogens is 360 g/mol. The highest BCUT2D eigenvalue weighted by molar-refractivity contribution is 7.92. The van der Waals surface area contributed by atoms with E-state index < -0.39 is 10.0 Å². The van der Waals surface area contributed by atoms with Gasteiger partial charge in [0, 0.05) is 34.9 Å². The third-order valence-corrected chi connectivity index (χ3v) is 5.27. The van der Waals surface area contributed by atoms with E-state index in [4.69, 9.17) is 5.26 Å². The van der Waals surface area contributed by atoms with E-state index in [1.54, 1.807) is 18.3 Å². The third-order valence-electron chi connectivity index (χ3n) is 4.66. The Kier molecular flexibility index (Phi) is 5.19. The number of nitriles is 1. The molecule has 6 nitrogen and oxygen atoms in total. The molecule has 0 amide bonds. The van der Waals surface area contributed by atoms with Crippen molar-refractivity contribution in [1.82, 2.24) is 9.55 Å². The standard InChI is InChI=1S/C20H22N4O2S/c1-4-17(5-2)24-13-19(14-6-7-16(11-21)22-12-14)18-9-8-15(10-20(18)24)23-27(3,25)26/h6-10,12-13,17,23H,4-5H2,1-3H3. The lowest BCUT2D eigenvalue weighted by atomic mass is 10.1. The topological polar surface area (TPSA) is 87.8 Å². The molecule has 27 heavy (non-hydrogen) atoms. The molecule has 0 saturated carbocycles. The molecule has 0 spiro atoms. The highest BCUT2D eigenvalue weighted by atomic mass is 32.2. The maximum Gasteiger partial charge on any atom is 0.229 e. The molecule has 140 valence electrons. The van der Waals surface area contributed by atoms with E-state index in [9.17, 15) is 8.42 Å². The Morgan fingerprint density at radius 2 is 1.96 bits per heavy atom. The number of pyridine rings is 1. The van der Waals surface area contributed by atoms with Crippen molar-refractivity contribution in [2.24, 2.45) is 0 Å². The molecule has 7 heteroatoms. The Balaban J connectivity index is 2.21. The maximum absolute atomic E-state index is 11.6. The third kappa shape index (κ3) is 3.96.